The summed E-state index contributed by atoms with van der Waals surface area (Å²) in [7, 11) is 0. The summed E-state index contributed by atoms with van der Waals surface area (Å²) in [5, 5.41) is 11.0. The van der Waals surface area contributed by atoms with Crippen LogP contribution < -0.4 is 5.32 Å². The largest absolute Gasteiger partial charge is 0.456 e. The van der Waals surface area contributed by atoms with Crippen molar-refractivity contribution in [2.45, 2.75) is 6.17 Å². The minimum Gasteiger partial charge on any atom is -0.456 e. The van der Waals surface area contributed by atoms with E-state index in [4.69, 9.17) is 9.41 Å². The molecular weight excluding hydrogens is 643 g/mol. The smallest absolute Gasteiger partial charge is 0.145 e. The predicted molar refractivity (Wildman–Crippen MR) is 214 cm³/mol. The zero-order chi connectivity index (χ0) is 33.5. The van der Waals surface area contributed by atoms with Crippen LogP contribution in [0.5, 0.6) is 0 Å². The molecule has 1 N–H and O–H groups in total. The lowest BCUT2D eigenvalue weighted by Crippen LogP contribution is -2.24. The molecular formula is C46H29N3OS. The molecule has 11 rings (SSSR count). The minimum absolute atomic E-state index is 0.206. The second-order valence-corrected chi connectivity index (χ2v) is 14.2. The lowest BCUT2D eigenvalue weighted by molar-refractivity contribution is 0.663. The molecule has 10 aromatic rings. The molecule has 0 spiro atoms. The van der Waals surface area contributed by atoms with Crippen molar-refractivity contribution in [1.82, 2.24) is 9.88 Å². The number of aliphatic imine (C=N–C) groups is 1. The number of benzene rings is 7. The number of allylic oxidation sites excluding steroid dienone is 1. The first-order valence-electron chi connectivity index (χ1n) is 17.2. The van der Waals surface area contributed by atoms with Crippen molar-refractivity contribution in [2.24, 2.45) is 4.99 Å². The topological polar surface area (TPSA) is 42.5 Å². The Morgan fingerprint density at radius 3 is 2.22 bits per heavy atom. The molecule has 0 saturated heterocycles. The van der Waals surface area contributed by atoms with Crippen LogP contribution in [-0.4, -0.2) is 10.3 Å². The molecule has 5 heteroatoms. The zero-order valence-corrected chi connectivity index (χ0v) is 28.2. The van der Waals surface area contributed by atoms with Gasteiger partial charge >= 0.3 is 0 Å². The van der Waals surface area contributed by atoms with Gasteiger partial charge in [0, 0.05) is 47.6 Å². The first-order valence-corrected chi connectivity index (χ1v) is 18.1. The predicted octanol–water partition coefficient (Wildman–Crippen LogP) is 12.2. The van der Waals surface area contributed by atoms with E-state index in [9.17, 15) is 0 Å². The molecule has 1 unspecified atom stereocenters. The Kier molecular flexibility index (Phi) is 6.15. The molecule has 0 aliphatic carbocycles. The van der Waals surface area contributed by atoms with E-state index >= 15 is 0 Å². The molecule has 0 amide bonds. The zero-order valence-electron chi connectivity index (χ0n) is 27.4. The Balaban J connectivity index is 1.11. The Labute approximate surface area is 297 Å². The fourth-order valence-electron chi connectivity index (χ4n) is 7.92. The summed E-state index contributed by atoms with van der Waals surface area (Å²) in [5.74, 6) is 0. The molecule has 51 heavy (non-hydrogen) atoms. The van der Waals surface area contributed by atoms with Crippen LogP contribution in [-0.2, 0) is 0 Å². The summed E-state index contributed by atoms with van der Waals surface area (Å²) in [4.78, 5) is 5.21. The normalized spacial score (nSPS) is 14.9. The Morgan fingerprint density at radius 2 is 1.33 bits per heavy atom. The van der Waals surface area contributed by atoms with Crippen LogP contribution in [0.2, 0.25) is 0 Å². The number of para-hydroxylation sites is 1. The van der Waals surface area contributed by atoms with Gasteiger partial charge < -0.3 is 14.3 Å². The number of aromatic nitrogens is 1. The highest BCUT2D eigenvalue weighted by molar-refractivity contribution is 7.26. The maximum Gasteiger partial charge on any atom is 0.145 e. The lowest BCUT2D eigenvalue weighted by Gasteiger charge is -2.25. The van der Waals surface area contributed by atoms with Gasteiger partial charge in [0.05, 0.1) is 27.8 Å². The van der Waals surface area contributed by atoms with Gasteiger partial charge in [-0.2, -0.15) is 0 Å². The Bertz CT molecular complexity index is 3060. The number of hydrogen-bond acceptors (Lipinski definition) is 4. The Hall–Kier alpha value is -6.43. The van der Waals surface area contributed by atoms with Crippen molar-refractivity contribution in [3.05, 3.63) is 180 Å². The molecule has 1 aliphatic rings. The van der Waals surface area contributed by atoms with E-state index in [1.165, 1.54) is 42.0 Å². The fourth-order valence-corrected chi connectivity index (χ4v) is 9.18. The van der Waals surface area contributed by atoms with Gasteiger partial charge in [0.15, 0.2) is 0 Å². The molecule has 0 radical (unpaired) electrons. The molecule has 4 heterocycles. The van der Waals surface area contributed by atoms with E-state index in [0.29, 0.717) is 0 Å². The van der Waals surface area contributed by atoms with Crippen molar-refractivity contribution >= 4 is 86.7 Å². The summed E-state index contributed by atoms with van der Waals surface area (Å²) >= 11 is 1.88. The van der Waals surface area contributed by atoms with Gasteiger partial charge in [0.25, 0.3) is 0 Å². The van der Waals surface area contributed by atoms with E-state index in [1.807, 2.05) is 23.5 Å². The summed E-state index contributed by atoms with van der Waals surface area (Å²) in [6, 6.07) is 55.9. The third kappa shape index (κ3) is 4.35. The van der Waals surface area contributed by atoms with Crippen LogP contribution >= 0.6 is 11.3 Å². The lowest BCUT2D eigenvalue weighted by atomic mass is 10.0. The number of rotatable bonds is 4. The van der Waals surface area contributed by atoms with Crippen LogP contribution in [0.3, 0.4) is 0 Å². The van der Waals surface area contributed by atoms with E-state index in [0.717, 1.165) is 55.7 Å². The van der Waals surface area contributed by atoms with Crippen LogP contribution in [0.25, 0.3) is 75.3 Å². The van der Waals surface area contributed by atoms with Crippen molar-refractivity contribution in [2.75, 3.05) is 0 Å². The SMILES string of the molecule is C1=C(c2ccccc2)NC(c2ccccc2)N=C1c1ccc2c(c1)oc1cccc(-n3c4ccccc4c4c5sc6ccccc6c5ccc43)c12. The highest BCUT2D eigenvalue weighted by atomic mass is 32.1. The maximum absolute atomic E-state index is 6.68. The molecule has 1 aliphatic heterocycles. The average molecular weight is 672 g/mol. The minimum atomic E-state index is -0.206. The van der Waals surface area contributed by atoms with Crippen molar-refractivity contribution in [3.63, 3.8) is 0 Å². The quantitative estimate of drug-likeness (QED) is 0.202. The number of nitrogens with zero attached hydrogens (tertiary/aromatic N) is 2. The molecule has 4 nitrogen and oxygen atoms in total. The standard InChI is InChI=1S/C46H29N3OS/c1-3-12-28(13-4-1)35-27-36(48-46(47-35)29-14-5-2-6-15-29)30-22-23-34-41(26-30)50-40-20-11-19-38(43(34)40)49-37-18-9-7-17-33(37)44-39(49)25-24-32-31-16-8-10-21-42(31)51-45(32)44/h1-27,46-47H. The molecule has 0 bridgehead atoms. The Morgan fingerprint density at radius 1 is 0.569 bits per heavy atom. The number of hydrogen-bond donors (Lipinski definition) is 1. The molecule has 7 aromatic carbocycles. The first kappa shape index (κ1) is 28.4. The van der Waals surface area contributed by atoms with Gasteiger partial charge in [-0.1, -0.05) is 115 Å². The van der Waals surface area contributed by atoms with Gasteiger partial charge in [0.1, 0.15) is 17.3 Å². The van der Waals surface area contributed by atoms with Gasteiger partial charge in [-0.05, 0) is 59.7 Å². The van der Waals surface area contributed by atoms with Crippen LogP contribution in [0.15, 0.2) is 173 Å². The molecule has 3 aromatic heterocycles. The monoisotopic (exact) mass is 671 g/mol. The summed E-state index contributed by atoms with van der Waals surface area (Å²) in [6.45, 7) is 0. The van der Waals surface area contributed by atoms with Crippen LogP contribution in [0.4, 0.5) is 0 Å². The van der Waals surface area contributed by atoms with Gasteiger partial charge in [-0.15, -0.1) is 11.3 Å². The number of furan rings is 1. The van der Waals surface area contributed by atoms with Crippen LogP contribution in [0.1, 0.15) is 22.9 Å². The average Bonchev–Trinajstić information content (AvgIpc) is 3.87. The second-order valence-electron chi connectivity index (χ2n) is 13.1. The highest BCUT2D eigenvalue weighted by Crippen LogP contribution is 2.45. The summed E-state index contributed by atoms with van der Waals surface area (Å²) < 4.78 is 11.7. The fraction of sp³-hybridized carbons (Fsp3) is 0.0217. The van der Waals surface area contributed by atoms with E-state index in [2.05, 4.69) is 162 Å². The van der Waals surface area contributed by atoms with Crippen molar-refractivity contribution in [3.8, 4) is 5.69 Å². The number of thiophene rings is 1. The van der Waals surface area contributed by atoms with Crippen molar-refractivity contribution in [1.29, 1.82) is 0 Å². The highest BCUT2D eigenvalue weighted by Gasteiger charge is 2.23. The molecule has 240 valence electrons. The summed E-state index contributed by atoms with van der Waals surface area (Å²) in [5.41, 5.74) is 10.4. The third-order valence-electron chi connectivity index (χ3n) is 10.2. The number of fused-ring (bicyclic) bond motifs is 10. The second kappa shape index (κ2) is 11.0. The van der Waals surface area contributed by atoms with Crippen molar-refractivity contribution < 1.29 is 4.42 Å². The molecule has 1 atom stereocenters. The third-order valence-corrected chi connectivity index (χ3v) is 11.4. The first-order chi connectivity index (χ1) is 25.3. The van der Waals surface area contributed by atoms with Crippen LogP contribution in [0, 0.1) is 0 Å². The van der Waals surface area contributed by atoms with E-state index < -0.39 is 0 Å². The van der Waals surface area contributed by atoms with Gasteiger partial charge in [0.2, 0.25) is 0 Å². The summed E-state index contributed by atoms with van der Waals surface area (Å²) in [6.07, 6.45) is 1.94. The van der Waals surface area contributed by atoms with Gasteiger partial charge in [-0.3, -0.25) is 4.99 Å². The van der Waals surface area contributed by atoms with E-state index in [1.54, 1.807) is 0 Å². The maximum atomic E-state index is 6.68. The van der Waals surface area contributed by atoms with Gasteiger partial charge in [-0.25, -0.2) is 0 Å². The van der Waals surface area contributed by atoms with E-state index in [-0.39, 0.29) is 6.17 Å². The molecule has 0 saturated carbocycles. The molecule has 0 fully saturated rings. The number of nitrogens with one attached hydrogen (secondary N) is 1.